The number of carbonyl (C=O) groups is 2. The Hall–Kier alpha value is -2.85. The predicted octanol–water partition coefficient (Wildman–Crippen LogP) is 3.31. The van der Waals surface area contributed by atoms with Crippen molar-refractivity contribution in [3.63, 3.8) is 0 Å². The van der Waals surface area contributed by atoms with Crippen molar-refractivity contribution < 1.29 is 31.9 Å². The van der Waals surface area contributed by atoms with Gasteiger partial charge in [-0.3, -0.25) is 9.52 Å². The minimum Gasteiger partial charge on any atom is -0.482 e. The van der Waals surface area contributed by atoms with Gasteiger partial charge in [0.2, 0.25) is 0 Å². The molecule has 0 spiro atoms. The monoisotopic (exact) mass is 472 g/mol. The molecule has 0 fully saturated rings. The maximum absolute atomic E-state index is 14.1. The molecule has 0 saturated carbocycles. The summed E-state index contributed by atoms with van der Waals surface area (Å²) in [6.45, 7) is 4.55. The molecule has 0 heterocycles. The van der Waals surface area contributed by atoms with Crippen LogP contribution in [0.4, 0.5) is 10.1 Å². The predicted molar refractivity (Wildman–Crippen MR) is 113 cm³/mol. The van der Waals surface area contributed by atoms with Gasteiger partial charge >= 0.3 is 5.97 Å². The molecule has 0 aliphatic rings. The normalized spacial score (nSPS) is 11.0. The zero-order valence-electron chi connectivity index (χ0n) is 17.1. The number of halogens is 2. The second-order valence-electron chi connectivity index (χ2n) is 6.24. The smallest absolute Gasteiger partial charge is 0.337 e. The van der Waals surface area contributed by atoms with Crippen LogP contribution in [0.15, 0.2) is 41.3 Å². The average molecular weight is 473 g/mol. The van der Waals surface area contributed by atoms with E-state index in [2.05, 4.69) is 9.46 Å². The Labute approximate surface area is 184 Å². The number of anilines is 1. The molecule has 1 amide bonds. The molecular formula is C20H22ClFN2O6S. The summed E-state index contributed by atoms with van der Waals surface area (Å²) in [7, 11) is -3.25. The molecule has 1 N–H and O–H groups in total. The maximum atomic E-state index is 14.1. The van der Waals surface area contributed by atoms with E-state index in [4.69, 9.17) is 16.3 Å². The van der Waals surface area contributed by atoms with E-state index in [-0.39, 0.29) is 34.5 Å². The number of methoxy groups -OCH3 is 1. The molecular weight excluding hydrogens is 451 g/mol. The molecule has 0 unspecified atom stereocenters. The summed E-state index contributed by atoms with van der Waals surface area (Å²) in [5.41, 5.74) is -0.0841. The van der Waals surface area contributed by atoms with Crippen LogP contribution < -0.4 is 9.46 Å². The van der Waals surface area contributed by atoms with Crippen molar-refractivity contribution in [2.24, 2.45) is 0 Å². The Morgan fingerprint density at radius 1 is 1.13 bits per heavy atom. The van der Waals surface area contributed by atoms with Gasteiger partial charge in [0, 0.05) is 13.1 Å². The van der Waals surface area contributed by atoms with Gasteiger partial charge in [0.05, 0.1) is 23.4 Å². The van der Waals surface area contributed by atoms with E-state index >= 15 is 0 Å². The van der Waals surface area contributed by atoms with E-state index in [0.717, 1.165) is 25.3 Å². The minimum absolute atomic E-state index is 0.0373. The van der Waals surface area contributed by atoms with E-state index in [0.29, 0.717) is 13.1 Å². The van der Waals surface area contributed by atoms with Crippen LogP contribution >= 0.6 is 11.6 Å². The third-order valence-corrected chi connectivity index (χ3v) is 5.98. The Morgan fingerprint density at radius 2 is 1.81 bits per heavy atom. The number of benzene rings is 2. The number of nitrogens with one attached hydrogen (secondary N) is 1. The van der Waals surface area contributed by atoms with Gasteiger partial charge < -0.3 is 14.4 Å². The van der Waals surface area contributed by atoms with Gasteiger partial charge in [0.25, 0.3) is 15.9 Å². The summed E-state index contributed by atoms with van der Waals surface area (Å²) in [5, 5.41) is 0.0522. The van der Waals surface area contributed by atoms with E-state index in [1.165, 1.54) is 18.2 Å². The Bertz CT molecular complexity index is 1070. The maximum Gasteiger partial charge on any atom is 0.337 e. The van der Waals surface area contributed by atoms with Crippen LogP contribution in [0, 0.1) is 5.82 Å². The molecule has 2 aromatic carbocycles. The first-order valence-electron chi connectivity index (χ1n) is 9.23. The number of nitrogens with zero attached hydrogens (tertiary/aromatic N) is 1. The van der Waals surface area contributed by atoms with Crippen molar-refractivity contribution in [2.45, 2.75) is 18.7 Å². The van der Waals surface area contributed by atoms with E-state index in [1.54, 1.807) is 4.90 Å². The number of ether oxygens (including phenoxy) is 2. The summed E-state index contributed by atoms with van der Waals surface area (Å²) in [6, 6.07) is 6.85. The van der Waals surface area contributed by atoms with Crippen molar-refractivity contribution in [1.82, 2.24) is 4.90 Å². The highest BCUT2D eigenvalue weighted by Gasteiger charge is 2.22. The number of amides is 1. The van der Waals surface area contributed by atoms with Crippen LogP contribution in [0.1, 0.15) is 24.2 Å². The fourth-order valence-electron chi connectivity index (χ4n) is 2.65. The first-order chi connectivity index (χ1) is 14.6. The van der Waals surface area contributed by atoms with Crippen molar-refractivity contribution in [3.8, 4) is 5.75 Å². The minimum atomic E-state index is -4.37. The van der Waals surface area contributed by atoms with Crippen LogP contribution in [0.2, 0.25) is 5.02 Å². The quantitative estimate of drug-likeness (QED) is 0.562. The number of likely N-dealkylation sites (N-methyl/N-ethyl adjacent to an activating group) is 1. The summed E-state index contributed by atoms with van der Waals surface area (Å²) >= 11 is 6.13. The molecule has 8 nitrogen and oxygen atoms in total. The lowest BCUT2D eigenvalue weighted by molar-refractivity contribution is -0.132. The lowest BCUT2D eigenvalue weighted by Crippen LogP contribution is -2.34. The molecule has 0 aliphatic carbocycles. The largest absolute Gasteiger partial charge is 0.482 e. The molecule has 2 rings (SSSR count). The number of rotatable bonds is 9. The summed E-state index contributed by atoms with van der Waals surface area (Å²) in [4.78, 5) is 24.5. The third kappa shape index (κ3) is 6.08. The van der Waals surface area contributed by atoms with Gasteiger partial charge in [-0.2, -0.15) is 0 Å². The van der Waals surface area contributed by atoms with Gasteiger partial charge in [0.1, 0.15) is 16.5 Å². The Kier molecular flexibility index (Phi) is 8.23. The molecule has 31 heavy (non-hydrogen) atoms. The molecule has 0 aliphatic heterocycles. The molecule has 2 aromatic rings. The summed E-state index contributed by atoms with van der Waals surface area (Å²) < 4.78 is 51.5. The van der Waals surface area contributed by atoms with E-state index in [9.17, 15) is 22.4 Å². The number of sulfonamides is 1. The Balaban J connectivity index is 2.19. The molecule has 0 atom stereocenters. The highest BCUT2D eigenvalue weighted by Crippen LogP contribution is 2.29. The number of hydrogen-bond donors (Lipinski definition) is 1. The van der Waals surface area contributed by atoms with E-state index in [1.807, 2.05) is 13.8 Å². The highest BCUT2D eigenvalue weighted by molar-refractivity contribution is 7.92. The lowest BCUT2D eigenvalue weighted by Gasteiger charge is -2.19. The SMILES string of the molecule is CCN(CC)C(=O)COc1ccc(NS(=O)(=O)c2cc(C(=O)OC)ccc2F)cc1Cl. The van der Waals surface area contributed by atoms with Crippen molar-refractivity contribution in [1.29, 1.82) is 0 Å². The van der Waals surface area contributed by atoms with Gasteiger partial charge in [0.15, 0.2) is 6.61 Å². The number of carbonyl (C=O) groups excluding carboxylic acids is 2. The molecule has 0 radical (unpaired) electrons. The first-order valence-corrected chi connectivity index (χ1v) is 11.1. The standard InChI is InChI=1S/C20H22ClFN2O6S/c1-4-24(5-2)19(25)12-30-17-9-7-14(11-15(17)21)23-31(27,28)18-10-13(20(26)29-3)6-8-16(18)22/h6-11,23H,4-5,12H2,1-3H3. The van der Waals surface area contributed by atoms with Crippen molar-refractivity contribution >= 4 is 39.2 Å². The Morgan fingerprint density at radius 3 is 2.39 bits per heavy atom. The van der Waals surface area contributed by atoms with Gasteiger partial charge in [-0.1, -0.05) is 11.6 Å². The summed E-state index contributed by atoms with van der Waals surface area (Å²) in [5.74, 6) is -1.88. The van der Waals surface area contributed by atoms with Gasteiger partial charge in [-0.15, -0.1) is 0 Å². The van der Waals surface area contributed by atoms with Crippen LogP contribution in [0.25, 0.3) is 0 Å². The van der Waals surface area contributed by atoms with Gasteiger partial charge in [-0.05, 0) is 50.2 Å². The molecule has 11 heteroatoms. The highest BCUT2D eigenvalue weighted by atomic mass is 35.5. The lowest BCUT2D eigenvalue weighted by atomic mass is 10.2. The second kappa shape index (κ2) is 10.5. The molecule has 0 bridgehead atoms. The first kappa shape index (κ1) is 24.4. The van der Waals surface area contributed by atoms with Crippen molar-refractivity contribution in [2.75, 3.05) is 31.5 Å². The number of esters is 1. The van der Waals surface area contributed by atoms with E-state index < -0.39 is 26.7 Å². The fourth-order valence-corrected chi connectivity index (χ4v) is 4.04. The number of hydrogen-bond acceptors (Lipinski definition) is 6. The zero-order chi connectivity index (χ0) is 23.2. The van der Waals surface area contributed by atoms with Crippen LogP contribution in [-0.2, 0) is 19.6 Å². The average Bonchev–Trinajstić information content (AvgIpc) is 2.73. The fraction of sp³-hybridized carbons (Fsp3) is 0.300. The third-order valence-electron chi connectivity index (χ3n) is 4.29. The second-order valence-corrected chi connectivity index (χ2v) is 8.30. The van der Waals surface area contributed by atoms with Crippen molar-refractivity contribution in [3.05, 3.63) is 52.8 Å². The molecule has 0 aromatic heterocycles. The molecule has 168 valence electrons. The van der Waals surface area contributed by atoms with Crippen LogP contribution in [0.3, 0.4) is 0 Å². The van der Waals surface area contributed by atoms with Gasteiger partial charge in [-0.25, -0.2) is 17.6 Å². The molecule has 0 saturated heterocycles. The zero-order valence-corrected chi connectivity index (χ0v) is 18.7. The summed E-state index contributed by atoms with van der Waals surface area (Å²) in [6.07, 6.45) is 0. The topological polar surface area (TPSA) is 102 Å². The van der Waals surface area contributed by atoms with Crippen LogP contribution in [0.5, 0.6) is 5.75 Å². The van der Waals surface area contributed by atoms with Crippen LogP contribution in [-0.4, -0.2) is 52.0 Å².